The Morgan fingerprint density at radius 3 is 2.57 bits per heavy atom. The number of anilines is 2. The van der Waals surface area contributed by atoms with Crippen LogP contribution in [-0.4, -0.2) is 13.3 Å². The Labute approximate surface area is 123 Å². The van der Waals surface area contributed by atoms with E-state index in [-0.39, 0.29) is 20.5 Å². The molecule has 0 unspecified atom stereocenters. The van der Waals surface area contributed by atoms with E-state index in [1.165, 1.54) is 19.1 Å². The van der Waals surface area contributed by atoms with Gasteiger partial charge in [0, 0.05) is 11.8 Å². The summed E-state index contributed by atoms with van der Waals surface area (Å²) in [6.45, 7) is 1.49. The third kappa shape index (κ3) is 3.11. The fraction of sp³-hybridized carbons (Fsp3) is 0.0909. The molecule has 1 aromatic heterocycles. The summed E-state index contributed by atoms with van der Waals surface area (Å²) >= 11 is 0.588. The average Bonchev–Trinajstić information content (AvgIpc) is 2.77. The third-order valence-corrected chi connectivity index (χ3v) is 5.40. The zero-order chi connectivity index (χ0) is 15.8. The van der Waals surface area contributed by atoms with E-state index >= 15 is 0 Å². The van der Waals surface area contributed by atoms with Crippen molar-refractivity contribution in [1.29, 1.82) is 0 Å². The summed E-state index contributed by atoms with van der Waals surface area (Å²) in [5.41, 5.74) is 5.38. The number of halogens is 1. The number of aryl methyl sites for hydroxylation is 1. The Kier molecular flexibility index (Phi) is 3.83. The highest BCUT2D eigenvalue weighted by Gasteiger charge is 2.24. The Hall–Kier alpha value is -2.20. The lowest BCUT2D eigenvalue weighted by Gasteiger charge is -2.07. The molecule has 0 atom stereocenters. The lowest BCUT2D eigenvalue weighted by Crippen LogP contribution is -2.11. The molecule has 10 heteroatoms. The summed E-state index contributed by atoms with van der Waals surface area (Å²) < 4.78 is 39.3. The monoisotopic (exact) mass is 331 g/mol. The second-order valence-corrected chi connectivity index (χ2v) is 7.13. The van der Waals surface area contributed by atoms with Crippen LogP contribution in [0.15, 0.2) is 28.5 Å². The number of hydrogen-bond acceptors (Lipinski definition) is 6. The van der Waals surface area contributed by atoms with Gasteiger partial charge in [-0.1, -0.05) is 11.3 Å². The van der Waals surface area contributed by atoms with Gasteiger partial charge in [-0.25, -0.2) is 12.8 Å². The normalized spacial score (nSPS) is 11.3. The third-order valence-electron chi connectivity index (χ3n) is 2.59. The van der Waals surface area contributed by atoms with Gasteiger partial charge in [-0.05, 0) is 30.7 Å². The molecule has 21 heavy (non-hydrogen) atoms. The van der Waals surface area contributed by atoms with Gasteiger partial charge >= 0.3 is 5.69 Å². The van der Waals surface area contributed by atoms with E-state index in [1.807, 2.05) is 0 Å². The van der Waals surface area contributed by atoms with Crippen molar-refractivity contribution in [1.82, 2.24) is 0 Å². The molecule has 0 fully saturated rings. The van der Waals surface area contributed by atoms with E-state index < -0.39 is 26.5 Å². The van der Waals surface area contributed by atoms with Crippen LogP contribution in [0.3, 0.4) is 0 Å². The average molecular weight is 331 g/mol. The van der Waals surface area contributed by atoms with E-state index in [9.17, 15) is 22.9 Å². The van der Waals surface area contributed by atoms with Crippen LogP contribution < -0.4 is 10.5 Å². The van der Waals surface area contributed by atoms with Gasteiger partial charge in [-0.2, -0.15) is 0 Å². The molecule has 3 N–H and O–H groups in total. The van der Waals surface area contributed by atoms with Crippen molar-refractivity contribution in [3.05, 3.63) is 45.8 Å². The molecule has 0 amide bonds. The molecular weight excluding hydrogens is 321 g/mol. The Balaban J connectivity index is 2.36. The number of nitro groups is 1. The highest BCUT2D eigenvalue weighted by Crippen LogP contribution is 2.35. The largest absolute Gasteiger partial charge is 0.385 e. The Morgan fingerprint density at radius 2 is 2.05 bits per heavy atom. The molecule has 0 aliphatic carbocycles. The second kappa shape index (κ2) is 5.30. The number of hydrogen-bond donors (Lipinski definition) is 2. The molecule has 2 rings (SSSR count). The van der Waals surface area contributed by atoms with Crippen LogP contribution in [0, 0.1) is 22.9 Å². The van der Waals surface area contributed by atoms with Crippen molar-refractivity contribution in [2.75, 3.05) is 10.5 Å². The molecular formula is C11H10FN3O4S2. The SMILES string of the molecule is Cc1cc(NS(=O)(=O)c2cc([N+](=O)[O-])c(N)s2)ccc1F. The fourth-order valence-corrected chi connectivity index (χ4v) is 3.82. The summed E-state index contributed by atoms with van der Waals surface area (Å²) in [6.07, 6.45) is 0. The van der Waals surface area contributed by atoms with Crippen LogP contribution in [0.4, 0.5) is 20.8 Å². The van der Waals surface area contributed by atoms with Crippen LogP contribution in [-0.2, 0) is 10.0 Å². The molecule has 0 radical (unpaired) electrons. The highest BCUT2D eigenvalue weighted by molar-refractivity contribution is 7.94. The van der Waals surface area contributed by atoms with Crippen molar-refractivity contribution in [2.45, 2.75) is 11.1 Å². The minimum Gasteiger partial charge on any atom is -0.385 e. The summed E-state index contributed by atoms with van der Waals surface area (Å²) in [4.78, 5) is 9.92. The number of rotatable bonds is 4. The number of nitrogens with zero attached hydrogens (tertiary/aromatic N) is 1. The predicted molar refractivity (Wildman–Crippen MR) is 77.3 cm³/mol. The molecule has 112 valence electrons. The van der Waals surface area contributed by atoms with Gasteiger partial charge in [-0.3, -0.25) is 14.8 Å². The zero-order valence-electron chi connectivity index (χ0n) is 10.7. The smallest absolute Gasteiger partial charge is 0.304 e. The molecule has 7 nitrogen and oxygen atoms in total. The minimum atomic E-state index is -4.02. The van der Waals surface area contributed by atoms with E-state index in [2.05, 4.69) is 4.72 Å². The molecule has 0 aliphatic heterocycles. The van der Waals surface area contributed by atoms with Crippen LogP contribution in [0.2, 0.25) is 0 Å². The van der Waals surface area contributed by atoms with Gasteiger partial charge in [-0.15, -0.1) is 0 Å². The van der Waals surface area contributed by atoms with Crippen molar-refractivity contribution in [3.8, 4) is 0 Å². The lowest BCUT2D eigenvalue weighted by atomic mass is 10.2. The highest BCUT2D eigenvalue weighted by atomic mass is 32.2. The summed E-state index contributed by atoms with van der Waals surface area (Å²) in [5, 5.41) is 10.5. The molecule has 1 aromatic carbocycles. The van der Waals surface area contributed by atoms with E-state index in [4.69, 9.17) is 5.73 Å². The summed E-state index contributed by atoms with van der Waals surface area (Å²) in [5.74, 6) is -0.464. The van der Waals surface area contributed by atoms with Crippen LogP contribution in [0.1, 0.15) is 5.56 Å². The van der Waals surface area contributed by atoms with Gasteiger partial charge in [0.1, 0.15) is 10.0 Å². The van der Waals surface area contributed by atoms with Crippen molar-refractivity contribution in [3.63, 3.8) is 0 Å². The maximum absolute atomic E-state index is 13.1. The predicted octanol–water partition coefficient (Wildman–Crippen LogP) is 2.49. The van der Waals surface area contributed by atoms with E-state index in [0.717, 1.165) is 12.1 Å². The molecule has 0 aliphatic rings. The quantitative estimate of drug-likeness (QED) is 0.659. The van der Waals surface area contributed by atoms with Gasteiger partial charge in [0.25, 0.3) is 10.0 Å². The standard InChI is InChI=1S/C11H10FN3O4S2/c1-6-4-7(2-3-8(6)12)14-21(18,19)10-5-9(15(16)17)11(13)20-10/h2-5,14H,13H2,1H3. The number of benzene rings is 1. The van der Waals surface area contributed by atoms with Crippen molar-refractivity contribution < 1.29 is 17.7 Å². The molecule has 0 saturated carbocycles. The number of nitrogens with two attached hydrogens (primary N) is 1. The van der Waals surface area contributed by atoms with Crippen molar-refractivity contribution in [2.24, 2.45) is 0 Å². The van der Waals surface area contributed by atoms with Gasteiger partial charge in [0.2, 0.25) is 0 Å². The number of thiophene rings is 1. The first-order valence-corrected chi connectivity index (χ1v) is 7.83. The molecule has 0 saturated heterocycles. The number of nitrogen functional groups attached to an aromatic ring is 1. The lowest BCUT2D eigenvalue weighted by molar-refractivity contribution is -0.383. The number of nitrogens with one attached hydrogen (secondary N) is 1. The van der Waals surface area contributed by atoms with Gasteiger partial charge in [0.05, 0.1) is 4.92 Å². The summed E-state index contributed by atoms with van der Waals surface area (Å²) in [6, 6.07) is 4.58. The topological polar surface area (TPSA) is 115 Å². The van der Waals surface area contributed by atoms with Crippen LogP contribution >= 0.6 is 11.3 Å². The minimum absolute atomic E-state index is 0.156. The van der Waals surface area contributed by atoms with Crippen molar-refractivity contribution >= 4 is 37.7 Å². The molecule has 0 bridgehead atoms. The first-order valence-electron chi connectivity index (χ1n) is 5.53. The Bertz CT molecular complexity index is 817. The Morgan fingerprint density at radius 1 is 1.38 bits per heavy atom. The maximum atomic E-state index is 13.1. The first kappa shape index (κ1) is 15.2. The van der Waals surface area contributed by atoms with Gasteiger partial charge in [0.15, 0.2) is 5.00 Å². The zero-order valence-corrected chi connectivity index (χ0v) is 12.3. The van der Waals surface area contributed by atoms with Crippen LogP contribution in [0.25, 0.3) is 0 Å². The molecule has 0 spiro atoms. The van der Waals surface area contributed by atoms with Crippen LogP contribution in [0.5, 0.6) is 0 Å². The first-order chi connectivity index (χ1) is 9.70. The summed E-state index contributed by atoms with van der Waals surface area (Å²) in [7, 11) is -4.02. The molecule has 2 aromatic rings. The van der Waals surface area contributed by atoms with E-state index in [1.54, 1.807) is 0 Å². The molecule has 1 heterocycles. The number of sulfonamides is 1. The van der Waals surface area contributed by atoms with E-state index in [0.29, 0.717) is 11.3 Å². The fourth-order valence-electron chi connectivity index (χ4n) is 1.56. The van der Waals surface area contributed by atoms with Gasteiger partial charge < -0.3 is 5.73 Å². The second-order valence-electron chi connectivity index (χ2n) is 4.14. The maximum Gasteiger partial charge on any atom is 0.304 e.